The van der Waals surface area contributed by atoms with Gasteiger partial charge in [0.05, 0.1) is 5.69 Å². The number of amides is 1. The van der Waals surface area contributed by atoms with Crippen LogP contribution in [0.3, 0.4) is 0 Å². The summed E-state index contributed by atoms with van der Waals surface area (Å²) < 4.78 is 2.12. The standard InChI is InChI=1S/C18H19N5O/c1-12-8-19-17-14(12)6-13(9-20-17)15-7-16-18(3-5-23(16)21-15)2-4-22(10-18)11-24/h6-9,11H,2-5,10H2,1H3,(H,19,20). The number of rotatable bonds is 2. The van der Waals surface area contributed by atoms with Crippen molar-refractivity contribution in [3.8, 4) is 11.3 Å². The molecule has 6 heteroatoms. The van der Waals surface area contributed by atoms with Crippen molar-refractivity contribution in [3.63, 3.8) is 0 Å². The Kier molecular flexibility index (Phi) is 2.69. The first kappa shape index (κ1) is 13.8. The molecule has 3 aromatic heterocycles. The van der Waals surface area contributed by atoms with Crippen molar-refractivity contribution >= 4 is 17.4 Å². The van der Waals surface area contributed by atoms with Crippen LogP contribution >= 0.6 is 0 Å². The summed E-state index contributed by atoms with van der Waals surface area (Å²) in [6, 6.07) is 4.36. The maximum Gasteiger partial charge on any atom is 0.209 e. The molecule has 1 saturated heterocycles. The summed E-state index contributed by atoms with van der Waals surface area (Å²) in [6.07, 6.45) is 6.95. The highest BCUT2D eigenvalue weighted by molar-refractivity contribution is 5.83. The van der Waals surface area contributed by atoms with E-state index < -0.39 is 0 Å². The number of hydrogen-bond acceptors (Lipinski definition) is 3. The van der Waals surface area contributed by atoms with Gasteiger partial charge in [-0.25, -0.2) is 4.98 Å². The van der Waals surface area contributed by atoms with Gasteiger partial charge in [-0.15, -0.1) is 0 Å². The number of aryl methyl sites for hydroxylation is 2. The quantitative estimate of drug-likeness (QED) is 0.736. The third kappa shape index (κ3) is 1.79. The number of carbonyl (C=O) groups is 1. The molecule has 0 radical (unpaired) electrons. The van der Waals surface area contributed by atoms with Crippen LogP contribution in [0.15, 0.2) is 24.5 Å². The summed E-state index contributed by atoms with van der Waals surface area (Å²) >= 11 is 0. The van der Waals surface area contributed by atoms with Crippen LogP contribution in [0.25, 0.3) is 22.3 Å². The number of aromatic amines is 1. The van der Waals surface area contributed by atoms with E-state index in [4.69, 9.17) is 5.10 Å². The Balaban J connectivity index is 1.57. The number of hydrogen-bond donors (Lipinski definition) is 1. The molecule has 1 atom stereocenters. The Morgan fingerprint density at radius 3 is 3.00 bits per heavy atom. The Labute approximate surface area is 139 Å². The van der Waals surface area contributed by atoms with Crippen molar-refractivity contribution in [2.45, 2.75) is 31.7 Å². The van der Waals surface area contributed by atoms with Crippen LogP contribution in [0, 0.1) is 6.92 Å². The van der Waals surface area contributed by atoms with Gasteiger partial charge in [-0.3, -0.25) is 9.48 Å². The van der Waals surface area contributed by atoms with E-state index in [9.17, 15) is 4.79 Å². The Morgan fingerprint density at radius 1 is 1.29 bits per heavy atom. The molecule has 0 aromatic carbocycles. The first-order valence-corrected chi connectivity index (χ1v) is 8.40. The van der Waals surface area contributed by atoms with Gasteiger partial charge in [0, 0.05) is 54.1 Å². The minimum absolute atomic E-state index is 0.0910. The van der Waals surface area contributed by atoms with Crippen molar-refractivity contribution < 1.29 is 4.79 Å². The van der Waals surface area contributed by atoms with Gasteiger partial charge in [0.15, 0.2) is 0 Å². The normalized spacial score (nSPS) is 22.6. The van der Waals surface area contributed by atoms with Gasteiger partial charge >= 0.3 is 0 Å². The molecular weight excluding hydrogens is 302 g/mol. The Morgan fingerprint density at radius 2 is 2.17 bits per heavy atom. The van der Waals surface area contributed by atoms with E-state index >= 15 is 0 Å². The molecule has 24 heavy (non-hydrogen) atoms. The number of likely N-dealkylation sites (tertiary alicyclic amines) is 1. The average molecular weight is 321 g/mol. The van der Waals surface area contributed by atoms with Gasteiger partial charge in [0.2, 0.25) is 6.41 Å². The summed E-state index contributed by atoms with van der Waals surface area (Å²) in [5, 5.41) is 5.95. The number of carbonyl (C=O) groups excluding carboxylic acids is 1. The molecule has 5 heterocycles. The minimum atomic E-state index is 0.0910. The molecule has 3 aromatic rings. The molecule has 1 fully saturated rings. The zero-order valence-electron chi connectivity index (χ0n) is 13.6. The van der Waals surface area contributed by atoms with Crippen LogP contribution in [0.1, 0.15) is 24.1 Å². The molecule has 2 aliphatic heterocycles. The summed E-state index contributed by atoms with van der Waals surface area (Å²) in [7, 11) is 0. The fourth-order valence-corrected chi connectivity index (χ4v) is 4.29. The Hall–Kier alpha value is -2.63. The lowest BCUT2D eigenvalue weighted by molar-refractivity contribution is -0.117. The maximum atomic E-state index is 11.1. The predicted molar refractivity (Wildman–Crippen MR) is 90.6 cm³/mol. The third-order valence-electron chi connectivity index (χ3n) is 5.69. The number of aromatic nitrogens is 4. The zero-order chi connectivity index (χ0) is 16.3. The van der Waals surface area contributed by atoms with E-state index in [2.05, 4.69) is 33.7 Å². The number of fused-ring (bicyclic) bond motifs is 3. The van der Waals surface area contributed by atoms with Gasteiger partial charge in [-0.2, -0.15) is 5.10 Å². The van der Waals surface area contributed by atoms with Crippen LogP contribution in [-0.2, 0) is 16.8 Å². The summed E-state index contributed by atoms with van der Waals surface area (Å²) in [4.78, 5) is 20.7. The van der Waals surface area contributed by atoms with Crippen LogP contribution in [0.5, 0.6) is 0 Å². The minimum Gasteiger partial charge on any atom is -0.346 e. The monoisotopic (exact) mass is 321 g/mol. The second-order valence-electron chi connectivity index (χ2n) is 7.09. The van der Waals surface area contributed by atoms with Crippen molar-refractivity contribution in [1.29, 1.82) is 0 Å². The van der Waals surface area contributed by atoms with Crippen molar-refractivity contribution in [1.82, 2.24) is 24.6 Å². The molecule has 1 unspecified atom stereocenters. The molecule has 6 nitrogen and oxygen atoms in total. The van der Waals surface area contributed by atoms with Crippen molar-refractivity contribution in [2.75, 3.05) is 13.1 Å². The number of nitrogens with one attached hydrogen (secondary N) is 1. The summed E-state index contributed by atoms with van der Waals surface area (Å²) in [5.74, 6) is 0. The fourth-order valence-electron chi connectivity index (χ4n) is 4.29. The lowest BCUT2D eigenvalue weighted by atomic mass is 9.82. The average Bonchev–Trinajstić information content (AvgIpc) is 3.34. The molecule has 1 amide bonds. The molecular formula is C18H19N5O. The summed E-state index contributed by atoms with van der Waals surface area (Å²) in [5.41, 5.74) is 5.49. The zero-order valence-corrected chi connectivity index (χ0v) is 13.6. The van der Waals surface area contributed by atoms with E-state index in [1.54, 1.807) is 0 Å². The van der Waals surface area contributed by atoms with Crippen molar-refractivity contribution in [2.24, 2.45) is 0 Å². The fraction of sp³-hybridized carbons (Fsp3) is 0.389. The van der Waals surface area contributed by atoms with E-state index in [0.717, 1.165) is 61.2 Å². The molecule has 5 rings (SSSR count). The molecule has 122 valence electrons. The molecule has 1 N–H and O–H groups in total. The largest absolute Gasteiger partial charge is 0.346 e. The van der Waals surface area contributed by atoms with Crippen molar-refractivity contribution in [3.05, 3.63) is 35.8 Å². The first-order chi connectivity index (χ1) is 11.7. The van der Waals surface area contributed by atoms with Gasteiger partial charge in [0.25, 0.3) is 0 Å². The van der Waals surface area contributed by atoms with E-state index in [0.29, 0.717) is 0 Å². The van der Waals surface area contributed by atoms with Crippen LogP contribution in [-0.4, -0.2) is 44.1 Å². The highest BCUT2D eigenvalue weighted by Crippen LogP contribution is 2.43. The number of H-pyrrole nitrogens is 1. The molecule has 0 bridgehead atoms. The van der Waals surface area contributed by atoms with Crippen LogP contribution in [0.4, 0.5) is 0 Å². The van der Waals surface area contributed by atoms with Gasteiger partial charge in [-0.05, 0) is 37.5 Å². The van der Waals surface area contributed by atoms with E-state index in [-0.39, 0.29) is 5.41 Å². The summed E-state index contributed by atoms with van der Waals surface area (Å²) in [6.45, 7) is 4.68. The van der Waals surface area contributed by atoms with E-state index in [1.807, 2.05) is 17.3 Å². The first-order valence-electron chi connectivity index (χ1n) is 8.40. The molecule has 1 spiro atoms. The van der Waals surface area contributed by atoms with E-state index in [1.165, 1.54) is 11.3 Å². The van der Waals surface area contributed by atoms with Gasteiger partial charge in [-0.1, -0.05) is 0 Å². The van der Waals surface area contributed by atoms with Crippen LogP contribution < -0.4 is 0 Å². The second kappa shape index (κ2) is 4.69. The topological polar surface area (TPSA) is 66.8 Å². The lowest BCUT2D eigenvalue weighted by Gasteiger charge is -2.21. The Bertz CT molecular complexity index is 956. The molecule has 0 aliphatic carbocycles. The number of nitrogens with zero attached hydrogens (tertiary/aromatic N) is 4. The highest BCUT2D eigenvalue weighted by Gasteiger charge is 2.45. The molecule has 2 aliphatic rings. The number of pyridine rings is 1. The maximum absolute atomic E-state index is 11.1. The lowest BCUT2D eigenvalue weighted by Crippen LogP contribution is -2.28. The van der Waals surface area contributed by atoms with Gasteiger partial charge in [0.1, 0.15) is 5.65 Å². The predicted octanol–water partition coefficient (Wildman–Crippen LogP) is 2.24. The van der Waals surface area contributed by atoms with Gasteiger partial charge < -0.3 is 9.88 Å². The van der Waals surface area contributed by atoms with Crippen LogP contribution in [0.2, 0.25) is 0 Å². The highest BCUT2D eigenvalue weighted by atomic mass is 16.1. The SMILES string of the molecule is Cc1c[nH]c2ncc(-c3cc4n(n3)CCC43CCN(C=O)C3)cc12. The second-order valence-corrected chi connectivity index (χ2v) is 7.09. The third-order valence-corrected chi connectivity index (χ3v) is 5.69. The molecule has 0 saturated carbocycles. The smallest absolute Gasteiger partial charge is 0.209 e.